The minimum Gasteiger partial charge on any atom is -0.368 e. The lowest BCUT2D eigenvalue weighted by molar-refractivity contribution is 0.233. The Morgan fingerprint density at radius 3 is 3.07 bits per heavy atom. The predicted molar refractivity (Wildman–Crippen MR) is 58.6 cm³/mol. The first-order valence-corrected chi connectivity index (χ1v) is 4.98. The van der Waals surface area contributed by atoms with Crippen LogP contribution in [0.2, 0.25) is 5.02 Å². The van der Waals surface area contributed by atoms with Crippen LogP contribution in [0, 0.1) is 0 Å². The Bertz CT molecular complexity index is 525. The first-order valence-electron chi connectivity index (χ1n) is 3.87. The van der Waals surface area contributed by atoms with Crippen molar-refractivity contribution >= 4 is 46.0 Å². The summed E-state index contributed by atoms with van der Waals surface area (Å²) in [5.41, 5.74) is 8.68. The van der Waals surface area contributed by atoms with Crippen molar-refractivity contribution in [3.8, 4) is 0 Å². The second-order valence-corrected chi connectivity index (χ2v) is 3.57. The number of aliphatic imine (C=N–C) groups is 1. The van der Waals surface area contributed by atoms with Crippen molar-refractivity contribution in [1.82, 2.24) is 14.2 Å². The van der Waals surface area contributed by atoms with Gasteiger partial charge in [0.2, 0.25) is 5.96 Å². The number of halogens is 1. The van der Waals surface area contributed by atoms with E-state index >= 15 is 0 Å². The molecule has 0 aliphatic heterocycles. The number of benzene rings is 1. The standard InChI is InChI=1S/C7H6ClN5OS/c8-3-1-2-4-6(13-15-12-4)5(3)10-7(9)11-14/h1-2,14H,(H3,9,10,11). The first-order chi connectivity index (χ1) is 7.22. The van der Waals surface area contributed by atoms with E-state index in [1.807, 2.05) is 0 Å². The smallest absolute Gasteiger partial charge is 0.218 e. The van der Waals surface area contributed by atoms with Gasteiger partial charge in [-0.2, -0.15) is 8.75 Å². The second-order valence-electron chi connectivity index (χ2n) is 2.64. The number of hydrogen-bond donors (Lipinski definition) is 3. The maximum atomic E-state index is 8.53. The Morgan fingerprint density at radius 2 is 2.33 bits per heavy atom. The van der Waals surface area contributed by atoms with Gasteiger partial charge in [-0.3, -0.25) is 5.21 Å². The summed E-state index contributed by atoms with van der Waals surface area (Å²) in [7, 11) is 0. The highest BCUT2D eigenvalue weighted by Gasteiger charge is 2.09. The van der Waals surface area contributed by atoms with Gasteiger partial charge in [0.25, 0.3) is 0 Å². The Morgan fingerprint density at radius 1 is 1.53 bits per heavy atom. The van der Waals surface area contributed by atoms with Crippen LogP contribution in [0.15, 0.2) is 17.1 Å². The number of rotatable bonds is 1. The van der Waals surface area contributed by atoms with E-state index in [-0.39, 0.29) is 5.96 Å². The number of nitrogens with zero attached hydrogens (tertiary/aromatic N) is 3. The molecule has 0 spiro atoms. The molecule has 6 nitrogen and oxygen atoms in total. The van der Waals surface area contributed by atoms with Crippen molar-refractivity contribution < 1.29 is 5.21 Å². The van der Waals surface area contributed by atoms with Gasteiger partial charge in [-0.05, 0) is 12.1 Å². The van der Waals surface area contributed by atoms with Crippen LogP contribution in [0.1, 0.15) is 0 Å². The molecular formula is C7H6ClN5OS. The molecule has 4 N–H and O–H groups in total. The quantitative estimate of drug-likeness (QED) is 0.398. The minimum atomic E-state index is -0.155. The van der Waals surface area contributed by atoms with Crippen molar-refractivity contribution in [1.29, 1.82) is 0 Å². The molecule has 0 fully saturated rings. The van der Waals surface area contributed by atoms with Crippen LogP contribution in [0.5, 0.6) is 0 Å². The van der Waals surface area contributed by atoms with Crippen LogP contribution < -0.4 is 11.2 Å². The highest BCUT2D eigenvalue weighted by Crippen LogP contribution is 2.32. The summed E-state index contributed by atoms with van der Waals surface area (Å²) in [4.78, 5) is 3.88. The van der Waals surface area contributed by atoms with E-state index in [1.165, 1.54) is 0 Å². The molecule has 2 rings (SSSR count). The molecule has 1 aromatic carbocycles. The first kappa shape index (κ1) is 10.1. The molecule has 8 heteroatoms. The van der Waals surface area contributed by atoms with Gasteiger partial charge < -0.3 is 5.73 Å². The lowest BCUT2D eigenvalue weighted by Gasteiger charge is -2.00. The van der Waals surface area contributed by atoms with Crippen LogP contribution in [-0.4, -0.2) is 19.9 Å². The molecule has 0 amide bonds. The van der Waals surface area contributed by atoms with Gasteiger partial charge in [-0.1, -0.05) is 11.6 Å². The van der Waals surface area contributed by atoms with Gasteiger partial charge >= 0.3 is 0 Å². The van der Waals surface area contributed by atoms with Gasteiger partial charge in [-0.15, -0.1) is 0 Å². The zero-order chi connectivity index (χ0) is 10.8. The van der Waals surface area contributed by atoms with Crippen molar-refractivity contribution in [2.45, 2.75) is 0 Å². The lowest BCUT2D eigenvalue weighted by Crippen LogP contribution is -2.27. The maximum absolute atomic E-state index is 8.53. The minimum absolute atomic E-state index is 0.155. The molecule has 0 bridgehead atoms. The molecule has 1 heterocycles. The third kappa shape index (κ3) is 1.84. The number of guanidine groups is 1. The molecule has 0 unspecified atom stereocenters. The lowest BCUT2D eigenvalue weighted by atomic mass is 10.3. The molecule has 1 aromatic heterocycles. The summed E-state index contributed by atoms with van der Waals surface area (Å²) < 4.78 is 8.07. The van der Waals surface area contributed by atoms with Gasteiger partial charge in [0.1, 0.15) is 16.7 Å². The number of aromatic nitrogens is 2. The van der Waals surface area contributed by atoms with Crippen molar-refractivity contribution in [2.75, 3.05) is 0 Å². The molecule has 0 aliphatic carbocycles. The molecule has 2 aromatic rings. The van der Waals surface area contributed by atoms with Crippen LogP contribution in [0.25, 0.3) is 11.0 Å². The summed E-state index contributed by atoms with van der Waals surface area (Å²) in [6.07, 6.45) is 0. The van der Waals surface area contributed by atoms with E-state index in [1.54, 1.807) is 17.6 Å². The van der Waals surface area contributed by atoms with Crippen LogP contribution in [0.3, 0.4) is 0 Å². The molecule has 15 heavy (non-hydrogen) atoms. The zero-order valence-electron chi connectivity index (χ0n) is 7.31. The maximum Gasteiger partial charge on any atom is 0.218 e. The summed E-state index contributed by atoms with van der Waals surface area (Å²) in [5, 5.41) is 8.92. The van der Waals surface area contributed by atoms with Gasteiger partial charge in [0.15, 0.2) is 0 Å². The van der Waals surface area contributed by atoms with Gasteiger partial charge in [0, 0.05) is 0 Å². The van der Waals surface area contributed by atoms with Crippen LogP contribution >= 0.6 is 23.3 Å². The highest BCUT2D eigenvalue weighted by molar-refractivity contribution is 7.00. The second kappa shape index (κ2) is 3.97. The SMILES string of the molecule is NC(=Nc1c(Cl)ccc2nsnc12)NO. The fourth-order valence-electron chi connectivity index (χ4n) is 1.07. The normalized spacial score (nSPS) is 12.0. The summed E-state index contributed by atoms with van der Waals surface area (Å²) in [5.74, 6) is -0.155. The zero-order valence-corrected chi connectivity index (χ0v) is 8.88. The Balaban J connectivity index is 2.66. The van der Waals surface area contributed by atoms with E-state index in [0.29, 0.717) is 21.7 Å². The summed E-state index contributed by atoms with van der Waals surface area (Å²) in [6.45, 7) is 0. The molecule has 0 saturated heterocycles. The summed E-state index contributed by atoms with van der Waals surface area (Å²) >= 11 is 6.98. The Labute approximate surface area is 93.7 Å². The van der Waals surface area contributed by atoms with Crippen LogP contribution in [0.4, 0.5) is 5.69 Å². The third-order valence-electron chi connectivity index (χ3n) is 1.70. The van der Waals surface area contributed by atoms with Crippen molar-refractivity contribution in [3.05, 3.63) is 17.2 Å². The van der Waals surface area contributed by atoms with Crippen molar-refractivity contribution in [3.63, 3.8) is 0 Å². The van der Waals surface area contributed by atoms with E-state index in [4.69, 9.17) is 22.5 Å². The molecule has 0 atom stereocenters. The van der Waals surface area contributed by atoms with E-state index < -0.39 is 0 Å². The Hall–Kier alpha value is -1.44. The van der Waals surface area contributed by atoms with E-state index in [9.17, 15) is 0 Å². The number of nitrogens with two attached hydrogens (primary N) is 1. The molecular weight excluding hydrogens is 238 g/mol. The molecule has 0 saturated carbocycles. The van der Waals surface area contributed by atoms with E-state index in [2.05, 4.69) is 13.7 Å². The van der Waals surface area contributed by atoms with E-state index in [0.717, 1.165) is 11.7 Å². The topological polar surface area (TPSA) is 96.4 Å². The van der Waals surface area contributed by atoms with Crippen LogP contribution in [-0.2, 0) is 0 Å². The predicted octanol–water partition coefficient (Wildman–Crippen LogP) is 1.27. The summed E-state index contributed by atoms with van der Waals surface area (Å²) in [6, 6.07) is 3.39. The number of hydrogen-bond acceptors (Lipinski definition) is 5. The van der Waals surface area contributed by atoms with Gasteiger partial charge in [0.05, 0.1) is 16.8 Å². The average molecular weight is 244 g/mol. The number of hydroxylamine groups is 1. The largest absolute Gasteiger partial charge is 0.368 e. The fourth-order valence-corrected chi connectivity index (χ4v) is 1.80. The highest BCUT2D eigenvalue weighted by atomic mass is 35.5. The average Bonchev–Trinajstić information content (AvgIpc) is 2.70. The molecule has 0 radical (unpaired) electrons. The molecule has 78 valence electrons. The molecule has 0 aliphatic rings. The Kier molecular flexibility index (Phi) is 2.67. The van der Waals surface area contributed by atoms with Crippen molar-refractivity contribution in [2.24, 2.45) is 10.7 Å². The number of fused-ring (bicyclic) bond motifs is 1. The fraction of sp³-hybridized carbons (Fsp3) is 0. The van der Waals surface area contributed by atoms with Gasteiger partial charge in [-0.25, -0.2) is 10.5 Å². The third-order valence-corrected chi connectivity index (χ3v) is 2.55. The monoisotopic (exact) mass is 243 g/mol. The number of nitrogens with one attached hydrogen (secondary N) is 1.